The van der Waals surface area contributed by atoms with Gasteiger partial charge in [0.2, 0.25) is 5.91 Å². The van der Waals surface area contributed by atoms with E-state index in [1.54, 1.807) is 0 Å². The molecule has 1 amide bonds. The minimum atomic E-state index is -0.370. The van der Waals surface area contributed by atoms with Crippen molar-refractivity contribution < 1.29 is 14.3 Å². The highest BCUT2D eigenvalue weighted by molar-refractivity contribution is 5.76. The first-order chi connectivity index (χ1) is 7.51. The predicted octanol–water partition coefficient (Wildman–Crippen LogP) is -1.32. The van der Waals surface area contributed by atoms with Gasteiger partial charge in [-0.05, 0) is 12.3 Å². The third kappa shape index (κ3) is 4.16. The molecule has 1 heterocycles. The van der Waals surface area contributed by atoms with Gasteiger partial charge in [0.1, 0.15) is 0 Å². The number of nitrogens with zero attached hydrogens (tertiary/aromatic N) is 1. The van der Waals surface area contributed by atoms with Crippen molar-refractivity contribution in [2.24, 2.45) is 17.4 Å². The maximum Gasteiger partial charge on any atom is 0.305 e. The number of carbonyl (C=O) groups excluding carboxylic acids is 2. The molecule has 2 unspecified atom stereocenters. The summed E-state index contributed by atoms with van der Waals surface area (Å²) < 4.78 is 4.61. The summed E-state index contributed by atoms with van der Waals surface area (Å²) in [6.45, 7) is 1.53. The molecule has 0 bridgehead atoms. The number of hydrogen-bond acceptors (Lipinski definition) is 5. The first kappa shape index (κ1) is 12.9. The lowest BCUT2D eigenvalue weighted by atomic mass is 9.92. The van der Waals surface area contributed by atoms with E-state index in [0.29, 0.717) is 19.5 Å². The molecule has 1 saturated heterocycles. The highest BCUT2D eigenvalue weighted by atomic mass is 16.5. The molecule has 1 aliphatic heterocycles. The topological polar surface area (TPSA) is 98.7 Å². The van der Waals surface area contributed by atoms with Crippen molar-refractivity contribution in [1.82, 2.24) is 4.90 Å². The van der Waals surface area contributed by atoms with Crippen LogP contribution in [0.2, 0.25) is 0 Å². The van der Waals surface area contributed by atoms with Crippen molar-refractivity contribution in [1.29, 1.82) is 0 Å². The second kappa shape index (κ2) is 5.81. The summed E-state index contributed by atoms with van der Waals surface area (Å²) in [6.07, 6.45) is 1.13. The van der Waals surface area contributed by atoms with Crippen molar-refractivity contribution in [3.05, 3.63) is 0 Å². The fourth-order valence-corrected chi connectivity index (χ4v) is 2.16. The summed E-state index contributed by atoms with van der Waals surface area (Å²) in [4.78, 5) is 23.8. The highest BCUT2D eigenvalue weighted by Crippen LogP contribution is 2.19. The van der Waals surface area contributed by atoms with Crippen LogP contribution in [-0.4, -0.2) is 49.6 Å². The summed E-state index contributed by atoms with van der Waals surface area (Å²) in [5.74, 6) is -0.459. The molecule has 0 aromatic heterocycles. The number of hydrogen-bond donors (Lipinski definition) is 2. The van der Waals surface area contributed by atoms with Crippen LogP contribution in [0.25, 0.3) is 0 Å². The van der Waals surface area contributed by atoms with Gasteiger partial charge < -0.3 is 16.2 Å². The van der Waals surface area contributed by atoms with Gasteiger partial charge in [-0.3, -0.25) is 14.5 Å². The van der Waals surface area contributed by atoms with Crippen LogP contribution in [0.15, 0.2) is 0 Å². The second-order valence-corrected chi connectivity index (χ2v) is 4.30. The Labute approximate surface area is 94.9 Å². The van der Waals surface area contributed by atoms with E-state index in [1.165, 1.54) is 7.11 Å². The van der Waals surface area contributed by atoms with E-state index < -0.39 is 0 Å². The van der Waals surface area contributed by atoms with Gasteiger partial charge in [0.15, 0.2) is 0 Å². The number of nitrogens with two attached hydrogens (primary N) is 2. The number of piperidine rings is 1. The fraction of sp³-hybridized carbons (Fsp3) is 0.800. The van der Waals surface area contributed by atoms with E-state index >= 15 is 0 Å². The summed E-state index contributed by atoms with van der Waals surface area (Å²) in [5.41, 5.74) is 11.0. The molecule has 0 radical (unpaired) electrons. The van der Waals surface area contributed by atoms with Crippen molar-refractivity contribution in [3.8, 4) is 0 Å². The maximum atomic E-state index is 11.1. The lowest BCUT2D eigenvalue weighted by Crippen LogP contribution is -2.49. The van der Waals surface area contributed by atoms with Crippen LogP contribution in [0, 0.1) is 5.92 Å². The van der Waals surface area contributed by atoms with E-state index in [0.717, 1.165) is 6.42 Å². The zero-order valence-electron chi connectivity index (χ0n) is 9.52. The Morgan fingerprint density at radius 2 is 2.12 bits per heavy atom. The molecule has 2 atom stereocenters. The normalized spacial score (nSPS) is 26.4. The number of methoxy groups -OCH3 is 1. The summed E-state index contributed by atoms with van der Waals surface area (Å²) >= 11 is 0. The molecule has 0 saturated carbocycles. The van der Waals surface area contributed by atoms with Crippen LogP contribution < -0.4 is 11.5 Å². The number of rotatable bonds is 4. The molecule has 1 fully saturated rings. The van der Waals surface area contributed by atoms with Crippen molar-refractivity contribution in [2.75, 3.05) is 26.7 Å². The maximum absolute atomic E-state index is 11.1. The van der Waals surface area contributed by atoms with Gasteiger partial charge in [0, 0.05) is 25.6 Å². The van der Waals surface area contributed by atoms with Gasteiger partial charge in [-0.15, -0.1) is 0 Å². The SMILES string of the molecule is COC(=O)CC1CC(N)CN(CC(N)=O)C1. The minimum absolute atomic E-state index is 0.0113. The van der Waals surface area contributed by atoms with E-state index in [2.05, 4.69) is 4.74 Å². The average Bonchev–Trinajstić information content (AvgIpc) is 2.15. The van der Waals surface area contributed by atoms with Gasteiger partial charge in [-0.1, -0.05) is 0 Å². The average molecular weight is 229 g/mol. The lowest BCUT2D eigenvalue weighted by molar-refractivity contribution is -0.142. The van der Waals surface area contributed by atoms with E-state index in [-0.39, 0.29) is 30.4 Å². The number of likely N-dealkylation sites (tertiary alicyclic amines) is 1. The number of amides is 1. The Balaban J connectivity index is 2.47. The van der Waals surface area contributed by atoms with Crippen molar-refractivity contribution in [3.63, 3.8) is 0 Å². The Morgan fingerprint density at radius 1 is 1.44 bits per heavy atom. The Kier molecular flexibility index (Phi) is 4.70. The molecule has 6 heteroatoms. The number of primary amides is 1. The van der Waals surface area contributed by atoms with Crippen molar-refractivity contribution >= 4 is 11.9 Å². The molecule has 16 heavy (non-hydrogen) atoms. The molecule has 6 nitrogen and oxygen atoms in total. The number of carbonyl (C=O) groups is 2. The molecule has 0 aromatic carbocycles. The molecular formula is C10H19N3O3. The zero-order chi connectivity index (χ0) is 12.1. The largest absolute Gasteiger partial charge is 0.469 e. The number of esters is 1. The predicted molar refractivity (Wildman–Crippen MR) is 58.3 cm³/mol. The lowest BCUT2D eigenvalue weighted by Gasteiger charge is -2.35. The van der Waals surface area contributed by atoms with E-state index in [9.17, 15) is 9.59 Å². The molecule has 92 valence electrons. The van der Waals surface area contributed by atoms with Crippen LogP contribution in [0.4, 0.5) is 0 Å². The molecule has 4 N–H and O–H groups in total. The monoisotopic (exact) mass is 229 g/mol. The molecule has 0 aliphatic carbocycles. The Morgan fingerprint density at radius 3 is 2.69 bits per heavy atom. The van der Waals surface area contributed by atoms with Crippen LogP contribution >= 0.6 is 0 Å². The van der Waals surface area contributed by atoms with Gasteiger partial charge in [-0.25, -0.2) is 0 Å². The van der Waals surface area contributed by atoms with Gasteiger partial charge >= 0.3 is 5.97 Å². The standard InChI is InChI=1S/C10H19N3O3/c1-16-10(15)3-7-2-8(11)5-13(4-7)6-9(12)14/h7-8H,2-6,11H2,1H3,(H2,12,14). The van der Waals surface area contributed by atoms with Crippen LogP contribution in [0.5, 0.6) is 0 Å². The third-order valence-electron chi connectivity index (χ3n) is 2.71. The first-order valence-corrected chi connectivity index (χ1v) is 5.34. The highest BCUT2D eigenvalue weighted by Gasteiger charge is 2.27. The summed E-state index contributed by atoms with van der Waals surface area (Å²) in [7, 11) is 1.37. The molecule has 1 aliphatic rings. The van der Waals surface area contributed by atoms with Crippen LogP contribution in [0.3, 0.4) is 0 Å². The summed E-state index contributed by atoms with van der Waals surface area (Å²) in [5, 5.41) is 0. The second-order valence-electron chi connectivity index (χ2n) is 4.30. The fourth-order valence-electron chi connectivity index (χ4n) is 2.16. The molecule has 1 rings (SSSR count). The molecular weight excluding hydrogens is 210 g/mol. The zero-order valence-corrected chi connectivity index (χ0v) is 9.52. The van der Waals surface area contributed by atoms with E-state index in [1.807, 2.05) is 4.90 Å². The Bertz CT molecular complexity index is 270. The quantitative estimate of drug-likeness (QED) is 0.583. The number of ether oxygens (including phenoxy) is 1. The minimum Gasteiger partial charge on any atom is -0.469 e. The Hall–Kier alpha value is -1.14. The molecule has 0 aromatic rings. The van der Waals surface area contributed by atoms with E-state index in [4.69, 9.17) is 11.5 Å². The van der Waals surface area contributed by atoms with Gasteiger partial charge in [0.05, 0.1) is 13.7 Å². The van der Waals surface area contributed by atoms with Gasteiger partial charge in [-0.2, -0.15) is 0 Å². The summed E-state index contributed by atoms with van der Waals surface area (Å²) in [6, 6.07) is -0.0113. The molecule has 0 spiro atoms. The van der Waals surface area contributed by atoms with Crippen LogP contribution in [-0.2, 0) is 14.3 Å². The first-order valence-electron chi connectivity index (χ1n) is 5.34. The van der Waals surface area contributed by atoms with Gasteiger partial charge in [0.25, 0.3) is 0 Å². The third-order valence-corrected chi connectivity index (χ3v) is 2.71. The smallest absolute Gasteiger partial charge is 0.305 e. The van der Waals surface area contributed by atoms with Crippen molar-refractivity contribution in [2.45, 2.75) is 18.9 Å². The van der Waals surface area contributed by atoms with Crippen LogP contribution in [0.1, 0.15) is 12.8 Å².